The van der Waals surface area contributed by atoms with Crippen LogP contribution in [0.1, 0.15) is 25.7 Å². The van der Waals surface area contributed by atoms with Crippen LogP contribution in [0.2, 0.25) is 0 Å². The van der Waals surface area contributed by atoms with Crippen molar-refractivity contribution < 1.29 is 18.7 Å². The van der Waals surface area contributed by atoms with Crippen molar-refractivity contribution in [3.63, 3.8) is 0 Å². The largest absolute Gasteiger partial charge is 0.423 e. The van der Waals surface area contributed by atoms with E-state index in [0.717, 1.165) is 43.3 Å². The van der Waals surface area contributed by atoms with Crippen molar-refractivity contribution in [3.8, 4) is 0 Å². The van der Waals surface area contributed by atoms with Crippen molar-refractivity contribution in [2.75, 3.05) is 37.7 Å². The molecular formula is C19H23N3O4. The van der Waals surface area contributed by atoms with E-state index >= 15 is 0 Å². The zero-order chi connectivity index (χ0) is 17.6. The molecule has 1 aromatic heterocycles. The molecule has 1 aromatic carbocycles. The molecule has 0 radical (unpaired) electrons. The van der Waals surface area contributed by atoms with Crippen molar-refractivity contribution in [2.45, 2.75) is 37.5 Å². The van der Waals surface area contributed by atoms with Gasteiger partial charge in [-0.15, -0.1) is 0 Å². The number of hydrogen-bond donors (Lipinski definition) is 0. The second kappa shape index (κ2) is 6.25. The number of benzene rings is 1. The Labute approximate surface area is 151 Å². The summed E-state index contributed by atoms with van der Waals surface area (Å²) in [6.45, 7) is 3.46. The zero-order valence-corrected chi connectivity index (χ0v) is 14.7. The molecule has 2 aromatic rings. The van der Waals surface area contributed by atoms with Crippen molar-refractivity contribution >= 4 is 23.0 Å². The van der Waals surface area contributed by atoms with Crippen LogP contribution in [0.4, 0.5) is 6.01 Å². The van der Waals surface area contributed by atoms with Gasteiger partial charge in [-0.05, 0) is 25.0 Å². The highest BCUT2D eigenvalue weighted by molar-refractivity contribution is 5.86. The summed E-state index contributed by atoms with van der Waals surface area (Å²) in [5.41, 5.74) is 1.59. The summed E-state index contributed by atoms with van der Waals surface area (Å²) < 4.78 is 17.4. The first-order valence-corrected chi connectivity index (χ1v) is 9.43. The molecule has 0 bridgehead atoms. The van der Waals surface area contributed by atoms with Gasteiger partial charge < -0.3 is 23.7 Å². The van der Waals surface area contributed by atoms with E-state index in [2.05, 4.69) is 4.98 Å². The van der Waals surface area contributed by atoms with E-state index in [1.807, 2.05) is 34.1 Å². The quantitative estimate of drug-likeness (QED) is 0.820. The number of rotatable bonds is 2. The third kappa shape index (κ3) is 2.66. The molecular weight excluding hydrogens is 334 g/mol. The minimum Gasteiger partial charge on any atom is -0.423 e. The summed E-state index contributed by atoms with van der Waals surface area (Å²) in [6, 6.07) is 8.07. The summed E-state index contributed by atoms with van der Waals surface area (Å²) in [5.74, 6) is -0.288. The number of amides is 1. The Kier molecular flexibility index (Phi) is 3.86. The van der Waals surface area contributed by atoms with Crippen LogP contribution in [0.25, 0.3) is 11.1 Å². The summed E-state index contributed by atoms with van der Waals surface area (Å²) >= 11 is 0. The van der Waals surface area contributed by atoms with Crippen molar-refractivity contribution in [2.24, 2.45) is 0 Å². The molecule has 1 spiro atoms. The maximum absolute atomic E-state index is 13.1. The number of likely N-dealkylation sites (tertiary alicyclic amines) is 1. The van der Waals surface area contributed by atoms with Gasteiger partial charge in [0.25, 0.3) is 6.01 Å². The molecule has 1 atom stereocenters. The highest BCUT2D eigenvalue weighted by Gasteiger charge is 2.43. The number of fused-ring (bicyclic) bond motifs is 1. The molecule has 1 amide bonds. The molecule has 7 nitrogen and oxygen atoms in total. The standard InChI is InChI=1S/C19H23N3O4/c23-17(21-10-7-19(8-11-21)24-12-13-25-19)15-5-3-9-22(15)18-20-14-4-1-2-6-16(14)26-18/h1-2,4,6,15H,3,5,7-13H2/t15-/m1/s1. The Bertz CT molecular complexity index is 771. The molecule has 3 fully saturated rings. The Morgan fingerprint density at radius 3 is 2.65 bits per heavy atom. The topological polar surface area (TPSA) is 68.0 Å². The van der Waals surface area contributed by atoms with Gasteiger partial charge >= 0.3 is 0 Å². The predicted octanol–water partition coefficient (Wildman–Crippen LogP) is 2.16. The van der Waals surface area contributed by atoms with E-state index in [4.69, 9.17) is 13.9 Å². The van der Waals surface area contributed by atoms with Crippen LogP contribution in [0.3, 0.4) is 0 Å². The molecule has 0 saturated carbocycles. The van der Waals surface area contributed by atoms with Gasteiger partial charge in [0.2, 0.25) is 5.91 Å². The number of carbonyl (C=O) groups is 1. The number of piperidine rings is 1. The van der Waals surface area contributed by atoms with Crippen LogP contribution in [-0.2, 0) is 14.3 Å². The summed E-state index contributed by atoms with van der Waals surface area (Å²) in [7, 11) is 0. The SMILES string of the molecule is O=C([C@H]1CCCN1c1nc2ccccc2o1)N1CCC2(CC1)OCCO2. The number of para-hydroxylation sites is 2. The lowest BCUT2D eigenvalue weighted by Gasteiger charge is -2.39. The van der Waals surface area contributed by atoms with Crippen LogP contribution in [0, 0.1) is 0 Å². The zero-order valence-electron chi connectivity index (χ0n) is 14.7. The van der Waals surface area contributed by atoms with Crippen LogP contribution in [-0.4, -0.2) is 60.5 Å². The third-order valence-electron chi connectivity index (χ3n) is 5.72. The van der Waals surface area contributed by atoms with Crippen molar-refractivity contribution in [1.29, 1.82) is 0 Å². The van der Waals surface area contributed by atoms with E-state index in [-0.39, 0.29) is 11.9 Å². The molecule has 5 rings (SSSR count). The number of ether oxygens (including phenoxy) is 2. The second-order valence-corrected chi connectivity index (χ2v) is 7.25. The van der Waals surface area contributed by atoms with E-state index in [9.17, 15) is 4.79 Å². The average Bonchev–Trinajstić information content (AvgIpc) is 3.40. The van der Waals surface area contributed by atoms with Gasteiger partial charge in [-0.1, -0.05) is 12.1 Å². The van der Waals surface area contributed by atoms with E-state index in [0.29, 0.717) is 32.3 Å². The predicted molar refractivity (Wildman–Crippen MR) is 94.8 cm³/mol. The first kappa shape index (κ1) is 16.1. The van der Waals surface area contributed by atoms with Gasteiger partial charge in [0, 0.05) is 32.5 Å². The molecule has 138 valence electrons. The van der Waals surface area contributed by atoms with Gasteiger partial charge in [0.05, 0.1) is 13.2 Å². The lowest BCUT2D eigenvalue weighted by molar-refractivity contribution is -0.187. The molecule has 0 N–H and O–H groups in total. The van der Waals surface area contributed by atoms with E-state index in [1.165, 1.54) is 0 Å². The molecule has 3 saturated heterocycles. The monoisotopic (exact) mass is 357 g/mol. The van der Waals surface area contributed by atoms with Gasteiger partial charge in [-0.3, -0.25) is 4.79 Å². The Morgan fingerprint density at radius 1 is 1.12 bits per heavy atom. The number of nitrogens with zero attached hydrogens (tertiary/aromatic N) is 3. The third-order valence-corrected chi connectivity index (χ3v) is 5.72. The summed E-state index contributed by atoms with van der Waals surface area (Å²) in [5, 5.41) is 0. The molecule has 7 heteroatoms. The molecule has 0 aliphatic carbocycles. The highest BCUT2D eigenvalue weighted by Crippen LogP contribution is 2.33. The number of carbonyl (C=O) groups excluding carboxylic acids is 1. The van der Waals surface area contributed by atoms with Gasteiger partial charge in [0.15, 0.2) is 11.4 Å². The van der Waals surface area contributed by atoms with E-state index in [1.54, 1.807) is 0 Å². The Balaban J connectivity index is 1.31. The maximum Gasteiger partial charge on any atom is 0.299 e. The van der Waals surface area contributed by atoms with Gasteiger partial charge in [0.1, 0.15) is 11.6 Å². The molecule has 26 heavy (non-hydrogen) atoms. The lowest BCUT2D eigenvalue weighted by Crippen LogP contribution is -2.52. The van der Waals surface area contributed by atoms with Gasteiger partial charge in [-0.25, -0.2) is 0 Å². The molecule has 0 unspecified atom stereocenters. The van der Waals surface area contributed by atoms with Crippen LogP contribution >= 0.6 is 0 Å². The Hall–Kier alpha value is -2.12. The fourth-order valence-electron chi connectivity index (χ4n) is 4.30. The summed E-state index contributed by atoms with van der Waals surface area (Å²) in [6.07, 6.45) is 3.30. The number of aromatic nitrogens is 1. The van der Waals surface area contributed by atoms with E-state index < -0.39 is 5.79 Å². The van der Waals surface area contributed by atoms with Crippen molar-refractivity contribution in [3.05, 3.63) is 24.3 Å². The maximum atomic E-state index is 13.1. The van der Waals surface area contributed by atoms with Crippen LogP contribution in [0.15, 0.2) is 28.7 Å². The summed E-state index contributed by atoms with van der Waals surface area (Å²) in [4.78, 5) is 21.7. The molecule has 4 heterocycles. The minimum atomic E-state index is -0.452. The fourth-order valence-corrected chi connectivity index (χ4v) is 4.30. The number of oxazole rings is 1. The number of hydrogen-bond acceptors (Lipinski definition) is 6. The second-order valence-electron chi connectivity index (χ2n) is 7.25. The first-order valence-electron chi connectivity index (χ1n) is 9.43. The highest BCUT2D eigenvalue weighted by atomic mass is 16.7. The lowest BCUT2D eigenvalue weighted by atomic mass is 10.0. The normalized spacial score (nSPS) is 25.5. The van der Waals surface area contributed by atoms with Crippen LogP contribution < -0.4 is 4.90 Å². The van der Waals surface area contributed by atoms with Crippen molar-refractivity contribution in [1.82, 2.24) is 9.88 Å². The van der Waals surface area contributed by atoms with Gasteiger partial charge in [-0.2, -0.15) is 4.98 Å². The fraction of sp³-hybridized carbons (Fsp3) is 0.579. The average molecular weight is 357 g/mol. The Morgan fingerprint density at radius 2 is 1.88 bits per heavy atom. The smallest absolute Gasteiger partial charge is 0.299 e. The molecule has 3 aliphatic rings. The number of anilines is 1. The first-order chi connectivity index (χ1) is 12.7. The molecule has 3 aliphatic heterocycles. The minimum absolute atomic E-state index is 0.164. The van der Waals surface area contributed by atoms with Crippen LogP contribution in [0.5, 0.6) is 0 Å².